The standard InChI is InChI=1S/C10H17NO/c1-5-9(3)7-10(6-2)8-12-11-4/h5-7,11H,1,8H2,2-4H3/b9-7-,10-6+. The van der Waals surface area contributed by atoms with Gasteiger partial charge < -0.3 is 0 Å². The van der Waals surface area contributed by atoms with Gasteiger partial charge in [0.25, 0.3) is 0 Å². The first kappa shape index (κ1) is 11.1. The van der Waals surface area contributed by atoms with Crippen LogP contribution >= 0.6 is 0 Å². The minimum absolute atomic E-state index is 0.582. The van der Waals surface area contributed by atoms with Crippen LogP contribution in [0.15, 0.2) is 36.0 Å². The molecule has 0 heterocycles. The average molecular weight is 167 g/mol. The second-order valence-electron chi connectivity index (χ2n) is 2.45. The molecule has 0 aliphatic heterocycles. The van der Waals surface area contributed by atoms with Gasteiger partial charge in [0.1, 0.15) is 0 Å². The molecule has 0 spiro atoms. The minimum atomic E-state index is 0.582. The van der Waals surface area contributed by atoms with Crippen LogP contribution < -0.4 is 5.48 Å². The van der Waals surface area contributed by atoms with E-state index in [9.17, 15) is 0 Å². The topological polar surface area (TPSA) is 21.3 Å². The number of hydrogen-bond acceptors (Lipinski definition) is 2. The van der Waals surface area contributed by atoms with Gasteiger partial charge in [-0.05, 0) is 19.4 Å². The Morgan fingerprint density at radius 1 is 1.58 bits per heavy atom. The fraction of sp³-hybridized carbons (Fsp3) is 0.400. The van der Waals surface area contributed by atoms with Gasteiger partial charge in [-0.2, -0.15) is 0 Å². The lowest BCUT2D eigenvalue weighted by Gasteiger charge is -2.02. The van der Waals surface area contributed by atoms with Gasteiger partial charge in [0.15, 0.2) is 0 Å². The average Bonchev–Trinajstić information content (AvgIpc) is 2.11. The summed E-state index contributed by atoms with van der Waals surface area (Å²) in [6.07, 6.45) is 5.89. The van der Waals surface area contributed by atoms with Crippen molar-refractivity contribution in [2.45, 2.75) is 13.8 Å². The summed E-state index contributed by atoms with van der Waals surface area (Å²) in [4.78, 5) is 5.03. The summed E-state index contributed by atoms with van der Waals surface area (Å²) < 4.78 is 0. The molecule has 0 aliphatic carbocycles. The zero-order chi connectivity index (χ0) is 9.40. The first-order chi connectivity index (χ1) is 5.74. The molecule has 0 rings (SSSR count). The maximum atomic E-state index is 5.03. The van der Waals surface area contributed by atoms with Crippen molar-refractivity contribution in [3.8, 4) is 0 Å². The monoisotopic (exact) mass is 167 g/mol. The van der Waals surface area contributed by atoms with Gasteiger partial charge in [-0.25, -0.2) is 5.48 Å². The molecule has 2 nitrogen and oxygen atoms in total. The van der Waals surface area contributed by atoms with E-state index >= 15 is 0 Å². The molecule has 1 N–H and O–H groups in total. The van der Waals surface area contributed by atoms with E-state index in [1.165, 1.54) is 0 Å². The predicted molar refractivity (Wildman–Crippen MR) is 52.7 cm³/mol. The second kappa shape index (κ2) is 6.83. The fourth-order valence-electron chi connectivity index (χ4n) is 0.715. The van der Waals surface area contributed by atoms with Gasteiger partial charge in [0.05, 0.1) is 6.61 Å². The SMILES string of the molecule is C=C/C(C)=C\C(=C/C)CONC. The van der Waals surface area contributed by atoms with Crippen LogP contribution in [-0.2, 0) is 4.84 Å². The smallest absolute Gasteiger partial charge is 0.0929 e. The van der Waals surface area contributed by atoms with E-state index < -0.39 is 0 Å². The fourth-order valence-corrected chi connectivity index (χ4v) is 0.715. The maximum Gasteiger partial charge on any atom is 0.0929 e. The van der Waals surface area contributed by atoms with Crippen molar-refractivity contribution in [1.29, 1.82) is 0 Å². The zero-order valence-electron chi connectivity index (χ0n) is 8.05. The summed E-state index contributed by atoms with van der Waals surface area (Å²) in [7, 11) is 1.75. The van der Waals surface area contributed by atoms with Gasteiger partial charge in [0.2, 0.25) is 0 Å². The van der Waals surface area contributed by atoms with Crippen molar-refractivity contribution in [2.75, 3.05) is 13.7 Å². The van der Waals surface area contributed by atoms with Crippen LogP contribution in [0.1, 0.15) is 13.8 Å². The van der Waals surface area contributed by atoms with E-state index in [2.05, 4.69) is 12.1 Å². The van der Waals surface area contributed by atoms with Crippen LogP contribution in [0.3, 0.4) is 0 Å². The number of hydroxylamine groups is 1. The summed E-state index contributed by atoms with van der Waals surface area (Å²) in [6.45, 7) is 8.25. The number of nitrogens with one attached hydrogen (secondary N) is 1. The lowest BCUT2D eigenvalue weighted by molar-refractivity contribution is 0.0774. The van der Waals surface area contributed by atoms with Gasteiger partial charge in [-0.3, -0.25) is 4.84 Å². The Hall–Kier alpha value is -0.860. The van der Waals surface area contributed by atoms with Gasteiger partial charge in [0, 0.05) is 7.05 Å². The zero-order valence-corrected chi connectivity index (χ0v) is 8.05. The number of hydrogen-bond donors (Lipinski definition) is 1. The molecule has 0 bridgehead atoms. The molecule has 0 fully saturated rings. The van der Waals surface area contributed by atoms with E-state index in [0.29, 0.717) is 6.61 Å². The quantitative estimate of drug-likeness (QED) is 0.500. The van der Waals surface area contributed by atoms with Gasteiger partial charge in [-0.15, -0.1) is 0 Å². The second-order valence-corrected chi connectivity index (χ2v) is 2.45. The van der Waals surface area contributed by atoms with E-state index in [1.807, 2.05) is 32.1 Å². The van der Waals surface area contributed by atoms with Crippen molar-refractivity contribution in [3.63, 3.8) is 0 Å². The summed E-state index contributed by atoms with van der Waals surface area (Å²) in [5, 5.41) is 0. The molecule has 0 aromatic rings. The summed E-state index contributed by atoms with van der Waals surface area (Å²) in [5.41, 5.74) is 4.91. The van der Waals surface area contributed by atoms with Crippen molar-refractivity contribution in [3.05, 3.63) is 36.0 Å². The first-order valence-electron chi connectivity index (χ1n) is 3.99. The lowest BCUT2D eigenvalue weighted by Crippen LogP contribution is -2.09. The Bertz CT molecular complexity index is 192. The molecule has 0 aliphatic rings. The molecule has 0 amide bonds. The molecule has 2 heteroatoms. The first-order valence-corrected chi connectivity index (χ1v) is 3.99. The third-order valence-corrected chi connectivity index (χ3v) is 1.49. The molecule has 0 saturated heterocycles. The largest absolute Gasteiger partial charge is 0.297 e. The highest BCUT2D eigenvalue weighted by atomic mass is 16.6. The van der Waals surface area contributed by atoms with E-state index in [0.717, 1.165) is 11.1 Å². The van der Waals surface area contributed by atoms with Crippen molar-refractivity contribution in [2.24, 2.45) is 0 Å². The molecule has 68 valence electrons. The highest BCUT2D eigenvalue weighted by Crippen LogP contribution is 2.02. The molecular weight excluding hydrogens is 150 g/mol. The number of rotatable bonds is 5. The Morgan fingerprint density at radius 3 is 2.67 bits per heavy atom. The van der Waals surface area contributed by atoms with Crippen molar-refractivity contribution in [1.82, 2.24) is 5.48 Å². The van der Waals surface area contributed by atoms with E-state index in [1.54, 1.807) is 7.05 Å². The van der Waals surface area contributed by atoms with Crippen LogP contribution in [-0.4, -0.2) is 13.7 Å². The highest BCUT2D eigenvalue weighted by molar-refractivity contribution is 5.27. The molecule has 0 unspecified atom stereocenters. The molecule has 12 heavy (non-hydrogen) atoms. The van der Waals surface area contributed by atoms with Crippen LogP contribution in [0.25, 0.3) is 0 Å². The molecule has 0 radical (unpaired) electrons. The molecule has 0 atom stereocenters. The van der Waals surface area contributed by atoms with E-state index in [-0.39, 0.29) is 0 Å². The Kier molecular flexibility index (Phi) is 6.34. The van der Waals surface area contributed by atoms with Crippen LogP contribution in [0.2, 0.25) is 0 Å². The molecular formula is C10H17NO. The van der Waals surface area contributed by atoms with Crippen LogP contribution in [0, 0.1) is 0 Å². The highest BCUT2D eigenvalue weighted by Gasteiger charge is 1.91. The normalized spacial score (nSPS) is 13.2. The molecule has 0 aromatic heterocycles. The lowest BCUT2D eigenvalue weighted by atomic mass is 10.2. The number of allylic oxidation sites excluding steroid dienone is 3. The Labute approximate surface area is 74.6 Å². The molecule has 0 aromatic carbocycles. The third kappa shape index (κ3) is 4.88. The van der Waals surface area contributed by atoms with Gasteiger partial charge >= 0.3 is 0 Å². The van der Waals surface area contributed by atoms with E-state index in [4.69, 9.17) is 4.84 Å². The third-order valence-electron chi connectivity index (χ3n) is 1.49. The predicted octanol–water partition coefficient (Wildman–Crippen LogP) is 2.22. The van der Waals surface area contributed by atoms with Crippen molar-refractivity contribution >= 4 is 0 Å². The maximum absolute atomic E-state index is 5.03. The molecule has 0 saturated carbocycles. The summed E-state index contributed by atoms with van der Waals surface area (Å²) >= 11 is 0. The van der Waals surface area contributed by atoms with Crippen LogP contribution in [0.4, 0.5) is 0 Å². The minimum Gasteiger partial charge on any atom is -0.297 e. The Morgan fingerprint density at radius 2 is 2.25 bits per heavy atom. The van der Waals surface area contributed by atoms with Crippen LogP contribution in [0.5, 0.6) is 0 Å². The Balaban J connectivity index is 4.09. The summed E-state index contributed by atoms with van der Waals surface area (Å²) in [6, 6.07) is 0. The van der Waals surface area contributed by atoms with Gasteiger partial charge in [-0.1, -0.05) is 30.4 Å². The van der Waals surface area contributed by atoms with Crippen molar-refractivity contribution < 1.29 is 4.84 Å². The summed E-state index contributed by atoms with van der Waals surface area (Å²) in [5.74, 6) is 0.